The lowest BCUT2D eigenvalue weighted by molar-refractivity contribution is -0.138. The zero-order valence-electron chi connectivity index (χ0n) is 9.91. The van der Waals surface area contributed by atoms with E-state index in [4.69, 9.17) is 0 Å². The number of aliphatic carboxylic acids is 1. The SMILES string of the molecule is O=C(O)C1CCCN1c1nccc2ccccc12. The average molecular weight is 242 g/mol. The lowest BCUT2D eigenvalue weighted by atomic mass is 10.1. The highest BCUT2D eigenvalue weighted by atomic mass is 16.4. The normalized spacial score (nSPS) is 19.3. The third kappa shape index (κ3) is 1.70. The molecule has 1 atom stereocenters. The molecule has 1 aromatic carbocycles. The van der Waals surface area contributed by atoms with E-state index in [2.05, 4.69) is 4.98 Å². The highest BCUT2D eigenvalue weighted by Gasteiger charge is 2.32. The van der Waals surface area contributed by atoms with Crippen molar-refractivity contribution in [3.63, 3.8) is 0 Å². The fourth-order valence-corrected chi connectivity index (χ4v) is 2.61. The Balaban J connectivity index is 2.11. The zero-order valence-corrected chi connectivity index (χ0v) is 9.91. The van der Waals surface area contributed by atoms with Crippen LogP contribution in [0.5, 0.6) is 0 Å². The van der Waals surface area contributed by atoms with Crippen molar-refractivity contribution < 1.29 is 9.90 Å². The van der Waals surface area contributed by atoms with Crippen molar-refractivity contribution in [3.8, 4) is 0 Å². The lowest BCUT2D eigenvalue weighted by Gasteiger charge is -2.23. The van der Waals surface area contributed by atoms with Crippen LogP contribution in [0.4, 0.5) is 5.82 Å². The summed E-state index contributed by atoms with van der Waals surface area (Å²) in [6.45, 7) is 0.762. The fourth-order valence-electron chi connectivity index (χ4n) is 2.61. The molecule has 1 unspecified atom stereocenters. The summed E-state index contributed by atoms with van der Waals surface area (Å²) >= 11 is 0. The molecule has 0 aliphatic carbocycles. The minimum Gasteiger partial charge on any atom is -0.480 e. The molecule has 4 nitrogen and oxygen atoms in total. The van der Waals surface area contributed by atoms with Gasteiger partial charge in [-0.25, -0.2) is 9.78 Å². The number of nitrogens with zero attached hydrogens (tertiary/aromatic N) is 2. The van der Waals surface area contributed by atoms with E-state index in [1.807, 2.05) is 35.2 Å². The Labute approximate surface area is 105 Å². The Morgan fingerprint density at radius 1 is 1.33 bits per heavy atom. The van der Waals surface area contributed by atoms with Crippen LogP contribution < -0.4 is 4.90 Å². The maximum atomic E-state index is 11.3. The van der Waals surface area contributed by atoms with Crippen LogP contribution in [-0.2, 0) is 4.79 Å². The summed E-state index contributed by atoms with van der Waals surface area (Å²) in [5.41, 5.74) is 0. The summed E-state index contributed by atoms with van der Waals surface area (Å²) in [4.78, 5) is 17.5. The van der Waals surface area contributed by atoms with Crippen LogP contribution >= 0.6 is 0 Å². The highest BCUT2D eigenvalue weighted by Crippen LogP contribution is 2.30. The van der Waals surface area contributed by atoms with Crippen molar-refractivity contribution >= 4 is 22.6 Å². The molecule has 1 N–H and O–H groups in total. The molecule has 1 fully saturated rings. The van der Waals surface area contributed by atoms with Crippen molar-refractivity contribution in [1.29, 1.82) is 0 Å². The van der Waals surface area contributed by atoms with Gasteiger partial charge in [0.25, 0.3) is 0 Å². The number of hydrogen-bond acceptors (Lipinski definition) is 3. The second kappa shape index (κ2) is 4.29. The van der Waals surface area contributed by atoms with Crippen molar-refractivity contribution in [2.75, 3.05) is 11.4 Å². The molecule has 0 saturated carbocycles. The van der Waals surface area contributed by atoms with Crippen LogP contribution in [0.25, 0.3) is 10.8 Å². The number of carbonyl (C=O) groups is 1. The lowest BCUT2D eigenvalue weighted by Crippen LogP contribution is -2.36. The van der Waals surface area contributed by atoms with Crippen molar-refractivity contribution in [2.24, 2.45) is 0 Å². The Hall–Kier alpha value is -2.10. The first-order valence-electron chi connectivity index (χ1n) is 6.10. The highest BCUT2D eigenvalue weighted by molar-refractivity contribution is 5.94. The molecule has 0 radical (unpaired) electrons. The van der Waals surface area contributed by atoms with Gasteiger partial charge in [0.2, 0.25) is 0 Å². The van der Waals surface area contributed by atoms with Crippen molar-refractivity contribution in [3.05, 3.63) is 36.5 Å². The van der Waals surface area contributed by atoms with E-state index in [1.54, 1.807) is 6.20 Å². The van der Waals surface area contributed by atoms with Gasteiger partial charge in [0.05, 0.1) is 0 Å². The number of anilines is 1. The fraction of sp³-hybridized carbons (Fsp3) is 0.286. The van der Waals surface area contributed by atoms with Gasteiger partial charge in [0.15, 0.2) is 0 Å². The van der Waals surface area contributed by atoms with Gasteiger partial charge in [0.1, 0.15) is 11.9 Å². The number of aromatic nitrogens is 1. The first-order valence-corrected chi connectivity index (χ1v) is 6.10. The first-order chi connectivity index (χ1) is 8.77. The predicted molar refractivity (Wildman–Crippen MR) is 69.7 cm³/mol. The summed E-state index contributed by atoms with van der Waals surface area (Å²) in [5, 5.41) is 11.4. The van der Waals surface area contributed by atoms with Crippen LogP contribution in [0.1, 0.15) is 12.8 Å². The van der Waals surface area contributed by atoms with Crippen LogP contribution in [0.2, 0.25) is 0 Å². The maximum absolute atomic E-state index is 11.3. The van der Waals surface area contributed by atoms with Gasteiger partial charge in [-0.1, -0.05) is 24.3 Å². The Kier molecular flexibility index (Phi) is 2.63. The number of hydrogen-bond donors (Lipinski definition) is 1. The number of benzene rings is 1. The van der Waals surface area contributed by atoms with E-state index in [1.165, 1.54) is 0 Å². The van der Waals surface area contributed by atoms with Gasteiger partial charge in [-0.05, 0) is 24.3 Å². The third-order valence-electron chi connectivity index (χ3n) is 3.46. The molecule has 4 heteroatoms. The molecule has 2 aromatic rings. The molecule has 0 bridgehead atoms. The van der Waals surface area contributed by atoms with Crippen LogP contribution in [0.3, 0.4) is 0 Å². The molecule has 18 heavy (non-hydrogen) atoms. The van der Waals surface area contributed by atoms with Crippen LogP contribution in [-0.4, -0.2) is 28.6 Å². The number of carboxylic acid groups (broad SMARTS) is 1. The molecule has 1 aromatic heterocycles. The Morgan fingerprint density at radius 2 is 2.17 bits per heavy atom. The molecule has 2 heterocycles. The molecule has 1 aliphatic rings. The van der Waals surface area contributed by atoms with Crippen LogP contribution in [0, 0.1) is 0 Å². The summed E-state index contributed by atoms with van der Waals surface area (Å²) in [7, 11) is 0. The molecule has 0 amide bonds. The van der Waals surface area contributed by atoms with Gasteiger partial charge in [-0.2, -0.15) is 0 Å². The summed E-state index contributed by atoms with van der Waals surface area (Å²) in [5.74, 6) is 0.0280. The van der Waals surface area contributed by atoms with E-state index < -0.39 is 12.0 Å². The van der Waals surface area contributed by atoms with E-state index >= 15 is 0 Å². The maximum Gasteiger partial charge on any atom is 0.326 e. The second-order valence-electron chi connectivity index (χ2n) is 4.55. The van der Waals surface area contributed by atoms with E-state index in [0.29, 0.717) is 6.42 Å². The van der Waals surface area contributed by atoms with E-state index in [0.717, 1.165) is 29.6 Å². The molecule has 0 spiro atoms. The summed E-state index contributed by atoms with van der Waals surface area (Å²) < 4.78 is 0. The minimum absolute atomic E-state index is 0.441. The van der Waals surface area contributed by atoms with Crippen molar-refractivity contribution in [2.45, 2.75) is 18.9 Å². The van der Waals surface area contributed by atoms with Gasteiger partial charge in [0, 0.05) is 18.1 Å². The van der Waals surface area contributed by atoms with E-state index in [9.17, 15) is 9.90 Å². The molecule has 1 aliphatic heterocycles. The largest absolute Gasteiger partial charge is 0.480 e. The third-order valence-corrected chi connectivity index (χ3v) is 3.46. The van der Waals surface area contributed by atoms with Gasteiger partial charge in [-0.3, -0.25) is 0 Å². The second-order valence-corrected chi connectivity index (χ2v) is 4.55. The van der Waals surface area contributed by atoms with Crippen molar-refractivity contribution in [1.82, 2.24) is 4.98 Å². The molecular formula is C14H14N2O2. The number of pyridine rings is 1. The van der Waals surface area contributed by atoms with Gasteiger partial charge >= 0.3 is 5.97 Å². The predicted octanol–water partition coefficient (Wildman–Crippen LogP) is 2.29. The molecule has 3 rings (SSSR count). The smallest absolute Gasteiger partial charge is 0.326 e. The number of carboxylic acids is 1. The number of rotatable bonds is 2. The standard InChI is InChI=1S/C14H14N2O2/c17-14(18)12-6-3-9-16(12)13-11-5-2-1-4-10(11)7-8-15-13/h1-2,4-5,7-8,12H,3,6,9H2,(H,17,18). The zero-order chi connectivity index (χ0) is 12.5. The summed E-state index contributed by atoms with van der Waals surface area (Å²) in [6, 6.07) is 9.46. The number of fused-ring (bicyclic) bond motifs is 1. The molecule has 92 valence electrons. The molecular weight excluding hydrogens is 228 g/mol. The average Bonchev–Trinajstić information content (AvgIpc) is 2.87. The topological polar surface area (TPSA) is 53.4 Å². The first kappa shape index (κ1) is 11.0. The quantitative estimate of drug-likeness (QED) is 0.877. The van der Waals surface area contributed by atoms with Gasteiger partial charge in [-0.15, -0.1) is 0 Å². The monoisotopic (exact) mass is 242 g/mol. The summed E-state index contributed by atoms with van der Waals surface area (Å²) in [6.07, 6.45) is 3.34. The van der Waals surface area contributed by atoms with Crippen LogP contribution in [0.15, 0.2) is 36.5 Å². The minimum atomic E-state index is -0.762. The Bertz CT molecular complexity index is 592. The van der Waals surface area contributed by atoms with E-state index in [-0.39, 0.29) is 0 Å². The van der Waals surface area contributed by atoms with Gasteiger partial charge < -0.3 is 10.0 Å². The molecule has 1 saturated heterocycles. The Morgan fingerprint density at radius 3 is 3.00 bits per heavy atom.